The lowest BCUT2D eigenvalue weighted by atomic mass is 9.95. The van der Waals surface area contributed by atoms with Crippen molar-refractivity contribution in [3.63, 3.8) is 0 Å². The minimum absolute atomic E-state index is 0.0186. The highest BCUT2D eigenvalue weighted by Gasteiger charge is 2.25. The van der Waals surface area contributed by atoms with E-state index in [4.69, 9.17) is 0 Å². The van der Waals surface area contributed by atoms with E-state index >= 15 is 0 Å². The van der Waals surface area contributed by atoms with Gasteiger partial charge >= 0.3 is 6.03 Å². The van der Waals surface area contributed by atoms with Gasteiger partial charge in [-0.3, -0.25) is 4.79 Å². The molecule has 1 saturated carbocycles. The molecule has 1 heterocycles. The molecule has 1 aliphatic carbocycles. The standard InChI is InChI=1S/C14H25N3O2/c1-11(18)15-13-7-9-17(10-8-13)14(19)16-12-5-3-2-4-6-12/h12-13H,2-10H2,1H3,(H,15,18)(H,16,19). The minimum atomic E-state index is 0.0186. The summed E-state index contributed by atoms with van der Waals surface area (Å²) in [6.07, 6.45) is 7.72. The Labute approximate surface area is 115 Å². The lowest BCUT2D eigenvalue weighted by Crippen LogP contribution is -2.51. The number of piperidine rings is 1. The summed E-state index contributed by atoms with van der Waals surface area (Å²) in [5.74, 6) is 0.0186. The van der Waals surface area contributed by atoms with Crippen LogP contribution < -0.4 is 10.6 Å². The van der Waals surface area contributed by atoms with Crippen LogP contribution in [-0.4, -0.2) is 42.0 Å². The van der Waals surface area contributed by atoms with Crippen molar-refractivity contribution in [2.45, 2.75) is 64.0 Å². The van der Waals surface area contributed by atoms with Gasteiger partial charge in [-0.2, -0.15) is 0 Å². The quantitative estimate of drug-likeness (QED) is 0.799. The zero-order chi connectivity index (χ0) is 13.7. The van der Waals surface area contributed by atoms with Gasteiger partial charge in [0.25, 0.3) is 0 Å². The molecule has 0 aromatic carbocycles. The second-order valence-electron chi connectivity index (χ2n) is 5.75. The van der Waals surface area contributed by atoms with Crippen LogP contribution in [0.15, 0.2) is 0 Å². The van der Waals surface area contributed by atoms with E-state index in [9.17, 15) is 9.59 Å². The number of hydrogen-bond acceptors (Lipinski definition) is 2. The Morgan fingerprint density at radius 2 is 1.47 bits per heavy atom. The van der Waals surface area contributed by atoms with Gasteiger partial charge in [-0.1, -0.05) is 19.3 Å². The van der Waals surface area contributed by atoms with Gasteiger partial charge in [-0.25, -0.2) is 4.79 Å². The lowest BCUT2D eigenvalue weighted by Gasteiger charge is -2.34. The normalized spacial score (nSPS) is 22.1. The molecule has 2 aliphatic rings. The van der Waals surface area contributed by atoms with Gasteiger partial charge in [0.05, 0.1) is 0 Å². The maximum Gasteiger partial charge on any atom is 0.317 e. The second-order valence-corrected chi connectivity index (χ2v) is 5.75. The average molecular weight is 267 g/mol. The highest BCUT2D eigenvalue weighted by molar-refractivity contribution is 5.75. The summed E-state index contributed by atoms with van der Waals surface area (Å²) >= 11 is 0. The lowest BCUT2D eigenvalue weighted by molar-refractivity contribution is -0.119. The molecule has 2 N–H and O–H groups in total. The number of urea groups is 1. The maximum absolute atomic E-state index is 12.1. The van der Waals surface area contributed by atoms with Gasteiger partial charge in [0.15, 0.2) is 0 Å². The molecule has 5 nitrogen and oxygen atoms in total. The summed E-state index contributed by atoms with van der Waals surface area (Å²) < 4.78 is 0. The van der Waals surface area contributed by atoms with E-state index < -0.39 is 0 Å². The molecular weight excluding hydrogens is 242 g/mol. The molecule has 0 aromatic heterocycles. The summed E-state index contributed by atoms with van der Waals surface area (Å²) in [7, 11) is 0. The summed E-state index contributed by atoms with van der Waals surface area (Å²) in [4.78, 5) is 25.0. The van der Waals surface area contributed by atoms with E-state index in [1.807, 2.05) is 4.90 Å². The van der Waals surface area contributed by atoms with Crippen molar-refractivity contribution in [2.75, 3.05) is 13.1 Å². The number of likely N-dealkylation sites (tertiary alicyclic amines) is 1. The van der Waals surface area contributed by atoms with Gasteiger partial charge in [0, 0.05) is 32.1 Å². The van der Waals surface area contributed by atoms with Crippen molar-refractivity contribution in [3.8, 4) is 0 Å². The van der Waals surface area contributed by atoms with Crippen LogP contribution in [0.25, 0.3) is 0 Å². The second kappa shape index (κ2) is 6.78. The predicted octanol–water partition coefficient (Wildman–Crippen LogP) is 1.63. The Kier molecular flexibility index (Phi) is 5.05. The van der Waals surface area contributed by atoms with Gasteiger partial charge in [0.1, 0.15) is 0 Å². The molecule has 3 amide bonds. The molecule has 2 fully saturated rings. The van der Waals surface area contributed by atoms with E-state index in [2.05, 4.69) is 10.6 Å². The van der Waals surface area contributed by atoms with Crippen molar-refractivity contribution in [1.29, 1.82) is 0 Å². The number of hydrogen-bond donors (Lipinski definition) is 2. The molecule has 0 radical (unpaired) electrons. The fourth-order valence-electron chi connectivity index (χ4n) is 3.03. The van der Waals surface area contributed by atoms with Crippen LogP contribution in [0.1, 0.15) is 51.9 Å². The number of nitrogens with zero attached hydrogens (tertiary/aromatic N) is 1. The van der Waals surface area contributed by atoms with Gasteiger partial charge < -0.3 is 15.5 Å². The fraction of sp³-hybridized carbons (Fsp3) is 0.857. The highest BCUT2D eigenvalue weighted by Crippen LogP contribution is 2.18. The molecule has 2 rings (SSSR count). The maximum atomic E-state index is 12.1. The Bertz CT molecular complexity index is 319. The third kappa shape index (κ3) is 4.40. The first kappa shape index (κ1) is 14.2. The Morgan fingerprint density at radius 1 is 0.895 bits per heavy atom. The van der Waals surface area contributed by atoms with Crippen molar-refractivity contribution in [2.24, 2.45) is 0 Å². The van der Waals surface area contributed by atoms with Crippen LogP contribution in [0.3, 0.4) is 0 Å². The molecule has 108 valence electrons. The van der Waals surface area contributed by atoms with Gasteiger partial charge in [-0.15, -0.1) is 0 Å². The Hall–Kier alpha value is -1.26. The molecular formula is C14H25N3O2. The summed E-state index contributed by atoms with van der Waals surface area (Å²) in [6, 6.07) is 0.679. The summed E-state index contributed by atoms with van der Waals surface area (Å²) in [5.41, 5.74) is 0. The zero-order valence-corrected chi connectivity index (χ0v) is 11.8. The zero-order valence-electron chi connectivity index (χ0n) is 11.8. The smallest absolute Gasteiger partial charge is 0.317 e. The third-order valence-corrected chi connectivity index (χ3v) is 4.12. The Balaban J connectivity index is 1.71. The van der Waals surface area contributed by atoms with Crippen LogP contribution in [0.5, 0.6) is 0 Å². The van der Waals surface area contributed by atoms with Gasteiger partial charge in [-0.05, 0) is 25.7 Å². The molecule has 5 heteroatoms. The van der Waals surface area contributed by atoms with Crippen LogP contribution in [-0.2, 0) is 4.79 Å². The SMILES string of the molecule is CC(=O)NC1CCN(C(=O)NC2CCCCC2)CC1. The highest BCUT2D eigenvalue weighted by atomic mass is 16.2. The molecule has 0 aromatic rings. The first-order valence-electron chi connectivity index (χ1n) is 7.47. The van der Waals surface area contributed by atoms with Crippen molar-refractivity contribution >= 4 is 11.9 Å². The van der Waals surface area contributed by atoms with Crippen molar-refractivity contribution in [3.05, 3.63) is 0 Å². The number of amides is 3. The van der Waals surface area contributed by atoms with E-state index in [-0.39, 0.29) is 18.0 Å². The monoisotopic (exact) mass is 267 g/mol. The van der Waals surface area contributed by atoms with E-state index in [1.54, 1.807) is 6.92 Å². The molecule has 1 saturated heterocycles. The summed E-state index contributed by atoms with van der Waals surface area (Å²) in [5, 5.41) is 6.07. The molecule has 1 aliphatic heterocycles. The van der Waals surface area contributed by atoms with E-state index in [1.165, 1.54) is 19.3 Å². The average Bonchev–Trinajstić information content (AvgIpc) is 2.40. The largest absolute Gasteiger partial charge is 0.353 e. The number of carbonyl (C=O) groups is 2. The number of carbonyl (C=O) groups excluding carboxylic acids is 2. The summed E-state index contributed by atoms with van der Waals surface area (Å²) in [6.45, 7) is 3.02. The number of nitrogens with one attached hydrogen (secondary N) is 2. The van der Waals surface area contributed by atoms with E-state index in [0.29, 0.717) is 6.04 Å². The van der Waals surface area contributed by atoms with Crippen LogP contribution in [0.2, 0.25) is 0 Å². The topological polar surface area (TPSA) is 61.4 Å². The third-order valence-electron chi connectivity index (χ3n) is 4.12. The molecule has 19 heavy (non-hydrogen) atoms. The van der Waals surface area contributed by atoms with Crippen LogP contribution >= 0.6 is 0 Å². The Morgan fingerprint density at radius 3 is 2.05 bits per heavy atom. The van der Waals surface area contributed by atoms with Gasteiger partial charge in [0.2, 0.25) is 5.91 Å². The first-order valence-corrected chi connectivity index (χ1v) is 7.47. The fourth-order valence-corrected chi connectivity index (χ4v) is 3.03. The van der Waals surface area contributed by atoms with Crippen LogP contribution in [0.4, 0.5) is 4.79 Å². The van der Waals surface area contributed by atoms with Crippen molar-refractivity contribution < 1.29 is 9.59 Å². The van der Waals surface area contributed by atoms with E-state index in [0.717, 1.165) is 38.8 Å². The minimum Gasteiger partial charge on any atom is -0.353 e. The molecule has 0 unspecified atom stereocenters. The number of rotatable bonds is 2. The molecule has 0 bridgehead atoms. The predicted molar refractivity (Wildman–Crippen MR) is 73.8 cm³/mol. The van der Waals surface area contributed by atoms with Crippen LogP contribution in [0, 0.1) is 0 Å². The molecule has 0 atom stereocenters. The van der Waals surface area contributed by atoms with Crippen molar-refractivity contribution in [1.82, 2.24) is 15.5 Å². The first-order chi connectivity index (χ1) is 9.15. The molecule has 0 spiro atoms.